The molecule has 0 radical (unpaired) electrons. The molecule has 0 bridgehead atoms. The maximum Gasteiger partial charge on any atom is 0.313 e. The number of esters is 1. The third kappa shape index (κ3) is 7.27. The van der Waals surface area contributed by atoms with Gasteiger partial charge in [-0.25, -0.2) is 0 Å². The van der Waals surface area contributed by atoms with Crippen molar-refractivity contribution < 1.29 is 19.4 Å². The fraction of sp³-hybridized carbons (Fsp3) is 0.275. The Labute approximate surface area is 261 Å². The van der Waals surface area contributed by atoms with E-state index in [-0.39, 0.29) is 13.2 Å². The van der Waals surface area contributed by atoms with Crippen LogP contribution in [0.25, 0.3) is 10.8 Å². The Kier molecular flexibility index (Phi) is 11.0. The van der Waals surface area contributed by atoms with Crippen LogP contribution in [0.1, 0.15) is 54.9 Å². The lowest BCUT2D eigenvalue weighted by Gasteiger charge is -2.37. The van der Waals surface area contributed by atoms with Crippen molar-refractivity contribution in [1.29, 1.82) is 0 Å². The van der Waals surface area contributed by atoms with E-state index >= 15 is 0 Å². The molecule has 2 atom stereocenters. The van der Waals surface area contributed by atoms with Gasteiger partial charge in [0.15, 0.2) is 0 Å². The molecule has 0 unspecified atom stereocenters. The average Bonchev–Trinajstić information content (AvgIpc) is 3.08. The van der Waals surface area contributed by atoms with E-state index < -0.39 is 23.6 Å². The Hall–Kier alpha value is -4.25. The molecule has 1 N–H and O–H groups in total. The molecule has 0 saturated carbocycles. The Morgan fingerprint density at radius 1 is 0.682 bits per heavy atom. The molecule has 0 aliphatic heterocycles. The summed E-state index contributed by atoms with van der Waals surface area (Å²) in [6, 6.07) is 45.1. The molecule has 0 aliphatic rings. The molecule has 4 heteroatoms. The summed E-state index contributed by atoms with van der Waals surface area (Å²) in [5, 5.41) is 14.0. The van der Waals surface area contributed by atoms with E-state index in [9.17, 15) is 9.90 Å². The van der Waals surface area contributed by atoms with Crippen molar-refractivity contribution >= 4 is 16.7 Å². The molecule has 0 amide bonds. The van der Waals surface area contributed by atoms with Gasteiger partial charge in [-0.1, -0.05) is 146 Å². The topological polar surface area (TPSA) is 55.8 Å². The Balaban J connectivity index is 1.32. The highest BCUT2D eigenvalue weighted by molar-refractivity contribution is 5.85. The van der Waals surface area contributed by atoms with Gasteiger partial charge in [-0.05, 0) is 59.2 Å². The zero-order chi connectivity index (χ0) is 30.6. The lowest BCUT2D eigenvalue weighted by atomic mass is 9.80. The van der Waals surface area contributed by atoms with E-state index in [1.165, 1.54) is 16.3 Å². The van der Waals surface area contributed by atoms with Crippen LogP contribution in [-0.4, -0.2) is 30.4 Å². The monoisotopic (exact) mass is 586 g/mol. The lowest BCUT2D eigenvalue weighted by Crippen LogP contribution is -2.40. The first kappa shape index (κ1) is 31.2. The first-order chi connectivity index (χ1) is 21.6. The molecule has 0 spiro atoms. The SMILES string of the molecule is CCOC(=O)[C@@H](COC(c1ccccc1)(c1ccccc1)c1ccccc1)[C@@H](O)CCCCCc1cccc2ccccc12. The van der Waals surface area contributed by atoms with Crippen molar-refractivity contribution in [3.63, 3.8) is 0 Å². The number of carbonyl (C=O) groups is 1. The quantitative estimate of drug-likeness (QED) is 0.0759. The molecule has 0 saturated heterocycles. The van der Waals surface area contributed by atoms with Gasteiger partial charge in [-0.3, -0.25) is 4.79 Å². The predicted octanol–water partition coefficient (Wildman–Crippen LogP) is 8.49. The van der Waals surface area contributed by atoms with Crippen LogP contribution in [0.5, 0.6) is 0 Å². The second kappa shape index (κ2) is 15.5. The Morgan fingerprint density at radius 2 is 1.23 bits per heavy atom. The van der Waals surface area contributed by atoms with Crippen molar-refractivity contribution in [1.82, 2.24) is 0 Å². The zero-order valence-corrected chi connectivity index (χ0v) is 25.5. The number of fused-ring (bicyclic) bond motifs is 1. The van der Waals surface area contributed by atoms with Gasteiger partial charge in [-0.2, -0.15) is 0 Å². The molecule has 0 aliphatic carbocycles. The van der Waals surface area contributed by atoms with E-state index in [1.807, 2.05) is 91.0 Å². The molecule has 5 aromatic rings. The maximum absolute atomic E-state index is 13.2. The molecule has 0 aromatic heterocycles. The number of hydrogen-bond donors (Lipinski definition) is 1. The van der Waals surface area contributed by atoms with Crippen LogP contribution in [0.4, 0.5) is 0 Å². The van der Waals surface area contributed by atoms with Crippen LogP contribution < -0.4 is 0 Å². The highest BCUT2D eigenvalue weighted by Gasteiger charge is 2.40. The number of aryl methyl sites for hydroxylation is 1. The second-order valence-electron chi connectivity index (χ2n) is 11.3. The van der Waals surface area contributed by atoms with Crippen LogP contribution in [-0.2, 0) is 26.3 Å². The summed E-state index contributed by atoms with van der Waals surface area (Å²) in [5.74, 6) is -1.25. The fourth-order valence-electron chi connectivity index (χ4n) is 6.13. The first-order valence-corrected chi connectivity index (χ1v) is 15.8. The number of aliphatic hydroxyl groups excluding tert-OH is 1. The highest BCUT2D eigenvalue weighted by Crippen LogP contribution is 2.41. The smallest absolute Gasteiger partial charge is 0.313 e. The number of rotatable bonds is 15. The predicted molar refractivity (Wildman–Crippen MR) is 177 cm³/mol. The van der Waals surface area contributed by atoms with Crippen molar-refractivity contribution in [3.05, 3.63) is 156 Å². The normalized spacial score (nSPS) is 13.0. The minimum absolute atomic E-state index is 0.00862. The van der Waals surface area contributed by atoms with Crippen molar-refractivity contribution in [2.45, 2.75) is 50.7 Å². The van der Waals surface area contributed by atoms with Crippen LogP contribution in [0, 0.1) is 5.92 Å². The van der Waals surface area contributed by atoms with Crippen LogP contribution >= 0.6 is 0 Å². The summed E-state index contributed by atoms with van der Waals surface area (Å²) in [5.41, 5.74) is 3.21. The summed E-state index contributed by atoms with van der Waals surface area (Å²) in [4.78, 5) is 13.2. The molecule has 0 heterocycles. The number of hydrogen-bond acceptors (Lipinski definition) is 4. The maximum atomic E-state index is 13.2. The van der Waals surface area contributed by atoms with Crippen molar-refractivity contribution in [3.8, 4) is 0 Å². The zero-order valence-electron chi connectivity index (χ0n) is 25.5. The van der Waals surface area contributed by atoms with Crippen molar-refractivity contribution in [2.24, 2.45) is 5.92 Å². The number of unbranched alkanes of at least 4 members (excludes halogenated alkanes) is 2. The van der Waals surface area contributed by atoms with Gasteiger partial charge in [0.2, 0.25) is 0 Å². The van der Waals surface area contributed by atoms with Crippen molar-refractivity contribution in [2.75, 3.05) is 13.2 Å². The van der Waals surface area contributed by atoms with Gasteiger partial charge in [0.1, 0.15) is 11.5 Å². The molecule has 5 aromatic carbocycles. The molecule has 44 heavy (non-hydrogen) atoms. The minimum atomic E-state index is -0.979. The average molecular weight is 587 g/mol. The second-order valence-corrected chi connectivity index (χ2v) is 11.3. The van der Waals surface area contributed by atoms with Gasteiger partial charge in [0, 0.05) is 0 Å². The standard InChI is InChI=1S/C40H42O4/c1-2-43-39(42)37(38(41)29-14-3-7-18-31-20-17-21-32-19-15-16-28-36(31)32)30-44-40(33-22-8-4-9-23-33,34-24-10-5-11-25-34)35-26-12-6-13-27-35/h4-6,8-13,15-17,19-28,37-38,41H,2-3,7,14,18,29-30H2,1H3/t37-,38-/m0/s1. The Bertz CT molecular complexity index is 1480. The molecule has 0 fully saturated rings. The number of aliphatic hydroxyl groups is 1. The van der Waals surface area contributed by atoms with E-state index in [4.69, 9.17) is 9.47 Å². The first-order valence-electron chi connectivity index (χ1n) is 15.8. The fourth-order valence-corrected chi connectivity index (χ4v) is 6.13. The van der Waals surface area contributed by atoms with E-state index in [0.29, 0.717) is 6.42 Å². The van der Waals surface area contributed by atoms with Crippen LogP contribution in [0.2, 0.25) is 0 Å². The number of carbonyl (C=O) groups excluding carboxylic acids is 1. The van der Waals surface area contributed by atoms with E-state index in [1.54, 1.807) is 6.92 Å². The minimum Gasteiger partial charge on any atom is -0.466 e. The van der Waals surface area contributed by atoms with Gasteiger partial charge in [0.25, 0.3) is 0 Å². The summed E-state index contributed by atoms with van der Waals surface area (Å²) >= 11 is 0. The Morgan fingerprint density at radius 3 is 1.82 bits per heavy atom. The molecular formula is C40H42O4. The molecule has 5 rings (SSSR count). The van der Waals surface area contributed by atoms with E-state index in [2.05, 4.69) is 42.5 Å². The van der Waals surface area contributed by atoms with Gasteiger partial charge < -0.3 is 14.6 Å². The van der Waals surface area contributed by atoms with Gasteiger partial charge >= 0.3 is 5.97 Å². The van der Waals surface area contributed by atoms with Gasteiger partial charge in [-0.15, -0.1) is 0 Å². The van der Waals surface area contributed by atoms with Gasteiger partial charge in [0.05, 0.1) is 19.3 Å². The van der Waals surface area contributed by atoms with E-state index in [0.717, 1.165) is 42.4 Å². The third-order valence-electron chi connectivity index (χ3n) is 8.40. The van der Waals surface area contributed by atoms with Crippen LogP contribution in [0.15, 0.2) is 133 Å². The number of ether oxygens (including phenoxy) is 2. The summed E-state index contributed by atoms with van der Waals surface area (Å²) in [6.45, 7) is 2.04. The lowest BCUT2D eigenvalue weighted by molar-refractivity contribution is -0.157. The highest BCUT2D eigenvalue weighted by atomic mass is 16.5. The van der Waals surface area contributed by atoms with Crippen LogP contribution in [0.3, 0.4) is 0 Å². The number of benzene rings is 5. The summed E-state index contributed by atoms with van der Waals surface area (Å²) < 4.78 is 12.4. The molecule has 4 nitrogen and oxygen atoms in total. The summed E-state index contributed by atoms with van der Waals surface area (Å²) in [7, 11) is 0. The molecule has 226 valence electrons. The third-order valence-corrected chi connectivity index (χ3v) is 8.40. The molecular weight excluding hydrogens is 544 g/mol. The largest absolute Gasteiger partial charge is 0.466 e. The summed E-state index contributed by atoms with van der Waals surface area (Å²) in [6.07, 6.45) is 3.38.